The van der Waals surface area contributed by atoms with Crippen molar-refractivity contribution in [2.45, 2.75) is 31.6 Å². The van der Waals surface area contributed by atoms with E-state index in [4.69, 9.17) is 5.11 Å². The number of aliphatic hydroxyl groups is 1. The van der Waals surface area contributed by atoms with Gasteiger partial charge in [0, 0.05) is 17.0 Å². The highest BCUT2D eigenvalue weighted by Crippen LogP contribution is 2.43. The van der Waals surface area contributed by atoms with E-state index in [9.17, 15) is 0 Å². The van der Waals surface area contributed by atoms with Crippen LogP contribution in [0.15, 0.2) is 22.7 Å². The molecule has 1 atom stereocenters. The Labute approximate surface area is 93.3 Å². The lowest BCUT2D eigenvalue weighted by Crippen LogP contribution is -1.99. The van der Waals surface area contributed by atoms with E-state index >= 15 is 0 Å². The number of hydrogen-bond acceptors (Lipinski definition) is 1. The van der Waals surface area contributed by atoms with Gasteiger partial charge in [0.05, 0.1) is 0 Å². The monoisotopic (exact) mass is 254 g/mol. The van der Waals surface area contributed by atoms with Gasteiger partial charge in [0.1, 0.15) is 0 Å². The van der Waals surface area contributed by atoms with Crippen molar-refractivity contribution in [1.29, 1.82) is 0 Å². The normalized spacial score (nSPS) is 18.2. The van der Waals surface area contributed by atoms with Gasteiger partial charge in [0.2, 0.25) is 0 Å². The van der Waals surface area contributed by atoms with Crippen molar-refractivity contribution in [3.63, 3.8) is 0 Å². The molecule has 14 heavy (non-hydrogen) atoms. The Morgan fingerprint density at radius 3 is 2.71 bits per heavy atom. The van der Waals surface area contributed by atoms with Gasteiger partial charge in [-0.2, -0.15) is 0 Å². The van der Waals surface area contributed by atoms with Crippen LogP contribution in [0.5, 0.6) is 0 Å². The third-order valence-corrected chi connectivity index (χ3v) is 3.57. The summed E-state index contributed by atoms with van der Waals surface area (Å²) in [6, 6.07) is 6.48. The molecule has 0 aliphatic heterocycles. The molecular weight excluding hydrogens is 240 g/mol. The summed E-state index contributed by atoms with van der Waals surface area (Å²) >= 11 is 3.60. The van der Waals surface area contributed by atoms with Crippen LogP contribution < -0.4 is 0 Å². The van der Waals surface area contributed by atoms with Crippen molar-refractivity contribution in [3.8, 4) is 0 Å². The maximum atomic E-state index is 9.05. The maximum absolute atomic E-state index is 9.05. The topological polar surface area (TPSA) is 20.2 Å². The second kappa shape index (κ2) is 4.03. The Bertz CT molecular complexity index is 331. The second-order valence-corrected chi connectivity index (χ2v) is 4.99. The average molecular weight is 255 g/mol. The molecule has 1 aliphatic carbocycles. The van der Waals surface area contributed by atoms with Crippen molar-refractivity contribution in [2.75, 3.05) is 6.61 Å². The second-order valence-electron chi connectivity index (χ2n) is 4.14. The highest BCUT2D eigenvalue weighted by molar-refractivity contribution is 9.10. The first-order valence-electron chi connectivity index (χ1n) is 5.12. The lowest BCUT2D eigenvalue weighted by atomic mass is 9.99. The van der Waals surface area contributed by atoms with Gasteiger partial charge in [-0.3, -0.25) is 0 Å². The molecule has 1 fully saturated rings. The summed E-state index contributed by atoms with van der Waals surface area (Å²) in [5.41, 5.74) is 2.64. The van der Waals surface area contributed by atoms with E-state index in [-0.39, 0.29) is 12.5 Å². The van der Waals surface area contributed by atoms with E-state index in [1.54, 1.807) is 0 Å². The van der Waals surface area contributed by atoms with Crippen molar-refractivity contribution in [2.24, 2.45) is 0 Å². The smallest absolute Gasteiger partial charge is 0.0497 e. The summed E-state index contributed by atoms with van der Waals surface area (Å²) < 4.78 is 1.21. The number of halogens is 1. The minimum atomic E-state index is 0.217. The minimum Gasteiger partial charge on any atom is -0.396 e. The Balaban J connectivity index is 2.25. The predicted molar refractivity (Wildman–Crippen MR) is 61.6 cm³/mol. The molecule has 1 nitrogen and oxygen atoms in total. The predicted octanol–water partition coefficient (Wildman–Crippen LogP) is 3.42. The van der Waals surface area contributed by atoms with Gasteiger partial charge in [-0.1, -0.05) is 35.0 Å². The average Bonchev–Trinajstić information content (AvgIpc) is 3.00. The highest BCUT2D eigenvalue weighted by Gasteiger charge is 2.25. The molecule has 1 saturated carbocycles. The molecule has 76 valence electrons. The summed E-state index contributed by atoms with van der Waals surface area (Å²) in [5.74, 6) is 1.02. The quantitative estimate of drug-likeness (QED) is 0.877. The van der Waals surface area contributed by atoms with Crippen LogP contribution in [0.2, 0.25) is 0 Å². The largest absolute Gasteiger partial charge is 0.396 e. The SMILES string of the molecule is CC(CO)c1ccc(C2CC2)c(Br)c1. The van der Waals surface area contributed by atoms with E-state index in [2.05, 4.69) is 34.1 Å². The Kier molecular flexibility index (Phi) is 2.93. The molecule has 0 aromatic heterocycles. The zero-order chi connectivity index (χ0) is 10.1. The van der Waals surface area contributed by atoms with Crippen LogP contribution in [0.1, 0.15) is 42.7 Å². The molecule has 2 rings (SSSR count). The van der Waals surface area contributed by atoms with Crippen LogP contribution in [0.4, 0.5) is 0 Å². The van der Waals surface area contributed by atoms with Crippen LogP contribution in [0.25, 0.3) is 0 Å². The van der Waals surface area contributed by atoms with Gasteiger partial charge in [0.25, 0.3) is 0 Å². The molecule has 1 N–H and O–H groups in total. The van der Waals surface area contributed by atoms with Gasteiger partial charge in [0.15, 0.2) is 0 Å². The van der Waals surface area contributed by atoms with Crippen molar-refractivity contribution < 1.29 is 5.11 Å². The van der Waals surface area contributed by atoms with Gasteiger partial charge in [-0.15, -0.1) is 0 Å². The first kappa shape index (κ1) is 10.2. The van der Waals surface area contributed by atoms with E-state index in [1.807, 2.05) is 6.92 Å². The molecule has 1 aliphatic rings. The first-order valence-corrected chi connectivity index (χ1v) is 5.92. The van der Waals surface area contributed by atoms with Gasteiger partial charge >= 0.3 is 0 Å². The highest BCUT2D eigenvalue weighted by atomic mass is 79.9. The fourth-order valence-corrected chi connectivity index (χ4v) is 2.40. The Hall–Kier alpha value is -0.340. The Morgan fingerprint density at radius 1 is 1.50 bits per heavy atom. The van der Waals surface area contributed by atoms with Crippen molar-refractivity contribution in [3.05, 3.63) is 33.8 Å². The fraction of sp³-hybridized carbons (Fsp3) is 0.500. The standard InChI is InChI=1S/C12H15BrO/c1-8(7-14)10-4-5-11(9-2-3-9)12(13)6-10/h4-6,8-9,14H,2-3,7H2,1H3. The van der Waals surface area contributed by atoms with Crippen LogP contribution in [-0.4, -0.2) is 11.7 Å². The van der Waals surface area contributed by atoms with Crippen LogP contribution in [-0.2, 0) is 0 Å². The van der Waals surface area contributed by atoms with Crippen molar-refractivity contribution in [1.82, 2.24) is 0 Å². The molecule has 0 bridgehead atoms. The number of hydrogen-bond donors (Lipinski definition) is 1. The molecular formula is C12H15BrO. The zero-order valence-electron chi connectivity index (χ0n) is 8.33. The van der Waals surface area contributed by atoms with Gasteiger partial charge in [-0.25, -0.2) is 0 Å². The number of rotatable bonds is 3. The zero-order valence-corrected chi connectivity index (χ0v) is 9.92. The van der Waals surface area contributed by atoms with E-state index in [0.29, 0.717) is 0 Å². The lowest BCUT2D eigenvalue weighted by Gasteiger charge is -2.10. The fourth-order valence-electron chi connectivity index (χ4n) is 1.68. The molecule has 1 aromatic carbocycles. The summed E-state index contributed by atoms with van der Waals surface area (Å²) in [6.07, 6.45) is 2.65. The van der Waals surface area contributed by atoms with Crippen LogP contribution in [0.3, 0.4) is 0 Å². The van der Waals surface area contributed by atoms with Gasteiger partial charge < -0.3 is 5.11 Å². The number of benzene rings is 1. The van der Waals surface area contributed by atoms with Crippen LogP contribution >= 0.6 is 15.9 Å². The lowest BCUT2D eigenvalue weighted by molar-refractivity contribution is 0.273. The van der Waals surface area contributed by atoms with Crippen LogP contribution in [0, 0.1) is 0 Å². The molecule has 1 aromatic rings. The van der Waals surface area contributed by atoms with E-state index < -0.39 is 0 Å². The summed E-state index contributed by atoms with van der Waals surface area (Å²) in [6.45, 7) is 2.26. The van der Waals surface area contributed by atoms with E-state index in [1.165, 1.54) is 28.4 Å². The number of aliphatic hydroxyl groups excluding tert-OH is 1. The molecule has 0 radical (unpaired) electrons. The summed E-state index contributed by atoms with van der Waals surface area (Å²) in [5, 5.41) is 9.05. The molecule has 0 spiro atoms. The maximum Gasteiger partial charge on any atom is 0.0497 e. The summed E-state index contributed by atoms with van der Waals surface area (Å²) in [4.78, 5) is 0. The molecule has 0 amide bonds. The third-order valence-electron chi connectivity index (χ3n) is 2.88. The van der Waals surface area contributed by atoms with E-state index in [0.717, 1.165) is 5.92 Å². The molecule has 0 heterocycles. The Morgan fingerprint density at radius 2 is 2.21 bits per heavy atom. The minimum absolute atomic E-state index is 0.217. The molecule has 0 saturated heterocycles. The summed E-state index contributed by atoms with van der Waals surface area (Å²) in [7, 11) is 0. The van der Waals surface area contributed by atoms with Crippen molar-refractivity contribution >= 4 is 15.9 Å². The first-order chi connectivity index (χ1) is 6.72. The molecule has 1 unspecified atom stereocenters. The molecule has 2 heteroatoms. The van der Waals surface area contributed by atoms with Gasteiger partial charge in [-0.05, 0) is 36.0 Å². The third kappa shape index (κ3) is 2.01.